The average molecular weight is 297 g/mol. The van der Waals surface area contributed by atoms with Crippen LogP contribution in [0.15, 0.2) is 0 Å². The quantitative estimate of drug-likeness (QED) is 0.540. The van der Waals surface area contributed by atoms with Gasteiger partial charge in [0, 0.05) is 0 Å². The first kappa shape index (κ1) is 15.2. The molecule has 0 amide bonds. The lowest BCUT2D eigenvalue weighted by atomic mass is 9.77. The minimum atomic E-state index is -7.19. The van der Waals surface area contributed by atoms with Crippen molar-refractivity contribution in [2.75, 3.05) is 0 Å². The Labute approximate surface area is 90.7 Å². The van der Waals surface area contributed by atoms with Crippen molar-refractivity contribution >= 4 is 0 Å². The molecule has 0 aromatic heterocycles. The summed E-state index contributed by atoms with van der Waals surface area (Å²) in [6, 6.07) is 0. The third-order valence-corrected chi connectivity index (χ3v) is 2.49. The molecule has 0 aliphatic heterocycles. The molecule has 0 aromatic rings. The van der Waals surface area contributed by atoms with Crippen LogP contribution in [0.1, 0.15) is 0 Å². The Morgan fingerprint density at radius 2 is 0.556 bits per heavy atom. The van der Waals surface area contributed by atoms with E-state index in [0.29, 0.717) is 0 Å². The SMILES string of the molecule is NC1(F)C(F)(F)C(F)(F)C(F)(F)C(F)(F)C1(F)F. The molecule has 2 N–H and O–H groups in total. The van der Waals surface area contributed by atoms with Crippen LogP contribution in [0, 0.1) is 0 Å². The average Bonchev–Trinajstić information content (AvgIpc) is 2.14. The van der Waals surface area contributed by atoms with Crippen molar-refractivity contribution in [3.8, 4) is 0 Å². The highest BCUT2D eigenvalue weighted by molar-refractivity contribution is 5.24. The van der Waals surface area contributed by atoms with Gasteiger partial charge in [-0.15, -0.1) is 0 Å². The van der Waals surface area contributed by atoms with Gasteiger partial charge < -0.3 is 0 Å². The van der Waals surface area contributed by atoms with Gasteiger partial charge in [0.2, 0.25) is 0 Å². The molecule has 1 aliphatic rings. The van der Waals surface area contributed by atoms with Gasteiger partial charge in [0.1, 0.15) is 0 Å². The van der Waals surface area contributed by atoms with E-state index in [2.05, 4.69) is 5.73 Å². The molecule has 1 fully saturated rings. The molecule has 108 valence electrons. The summed E-state index contributed by atoms with van der Waals surface area (Å²) in [5.41, 5.74) is 3.45. The summed E-state index contributed by atoms with van der Waals surface area (Å²) in [7, 11) is 0. The first-order chi connectivity index (χ1) is 7.50. The lowest BCUT2D eigenvalue weighted by Crippen LogP contribution is -2.86. The summed E-state index contributed by atoms with van der Waals surface area (Å²) >= 11 is 0. The van der Waals surface area contributed by atoms with Gasteiger partial charge in [-0.05, 0) is 0 Å². The fraction of sp³-hybridized carbons (Fsp3) is 1.00. The standard InChI is InChI=1S/C6H2F11N/c7-1(8)2(9,10)4(13,14)6(17,18)5(15,16)3(1,11)12/h18H2. The number of hydrogen-bond donors (Lipinski definition) is 1. The maximum Gasteiger partial charge on any atom is 0.384 e. The molecule has 1 nitrogen and oxygen atoms in total. The molecule has 0 unspecified atom stereocenters. The molecule has 12 heteroatoms. The third-order valence-electron chi connectivity index (χ3n) is 2.49. The molecule has 0 heterocycles. The van der Waals surface area contributed by atoms with E-state index in [-0.39, 0.29) is 0 Å². The van der Waals surface area contributed by atoms with Crippen molar-refractivity contribution in [1.29, 1.82) is 0 Å². The van der Waals surface area contributed by atoms with Crippen molar-refractivity contribution in [1.82, 2.24) is 0 Å². The van der Waals surface area contributed by atoms with Crippen LogP contribution in [0.25, 0.3) is 0 Å². The number of hydrogen-bond acceptors (Lipinski definition) is 1. The van der Waals surface area contributed by atoms with E-state index >= 15 is 0 Å². The third kappa shape index (κ3) is 1.08. The molecule has 0 saturated heterocycles. The van der Waals surface area contributed by atoms with Crippen LogP contribution in [0.3, 0.4) is 0 Å². The lowest BCUT2D eigenvalue weighted by Gasteiger charge is -2.50. The van der Waals surface area contributed by atoms with Crippen molar-refractivity contribution < 1.29 is 48.3 Å². The molecular weight excluding hydrogens is 295 g/mol. The molecule has 0 bridgehead atoms. The molecule has 1 aliphatic carbocycles. The maximum absolute atomic E-state index is 12.7. The Balaban J connectivity index is 3.72. The van der Waals surface area contributed by atoms with Crippen LogP contribution < -0.4 is 5.73 Å². The van der Waals surface area contributed by atoms with Gasteiger partial charge in [-0.2, -0.15) is 43.9 Å². The summed E-state index contributed by atoms with van der Waals surface area (Å²) < 4.78 is 138. The molecule has 1 saturated carbocycles. The topological polar surface area (TPSA) is 26.0 Å². The smallest absolute Gasteiger partial charge is 0.288 e. The first-order valence-electron chi connectivity index (χ1n) is 3.87. The maximum atomic E-state index is 12.7. The fourth-order valence-electron chi connectivity index (χ4n) is 1.25. The van der Waals surface area contributed by atoms with Crippen LogP contribution in [-0.4, -0.2) is 35.4 Å². The zero-order valence-electron chi connectivity index (χ0n) is 7.73. The van der Waals surface area contributed by atoms with Gasteiger partial charge in [0.25, 0.3) is 5.79 Å². The van der Waals surface area contributed by atoms with E-state index in [1.807, 2.05) is 0 Å². The van der Waals surface area contributed by atoms with Crippen molar-refractivity contribution in [3.05, 3.63) is 0 Å². The second-order valence-electron chi connectivity index (χ2n) is 3.58. The van der Waals surface area contributed by atoms with Crippen LogP contribution in [0.2, 0.25) is 0 Å². The van der Waals surface area contributed by atoms with Gasteiger partial charge in [-0.3, -0.25) is 5.73 Å². The molecule has 0 atom stereocenters. The monoisotopic (exact) mass is 297 g/mol. The Bertz CT molecular complexity index is 253. The number of halogens is 11. The van der Waals surface area contributed by atoms with Crippen molar-refractivity contribution in [3.63, 3.8) is 0 Å². The molecule has 0 radical (unpaired) electrons. The molecule has 18 heavy (non-hydrogen) atoms. The minimum absolute atomic E-state index is 3.45. The zero-order valence-corrected chi connectivity index (χ0v) is 7.73. The van der Waals surface area contributed by atoms with Crippen LogP contribution >= 0.6 is 0 Å². The number of nitrogens with two attached hydrogens (primary N) is 1. The molecule has 1 rings (SSSR count). The first-order valence-corrected chi connectivity index (χ1v) is 3.87. The molecule has 0 spiro atoms. The van der Waals surface area contributed by atoms with E-state index in [1.54, 1.807) is 0 Å². The lowest BCUT2D eigenvalue weighted by molar-refractivity contribution is -0.484. The predicted octanol–water partition coefficient (Wildman–Crippen LogP) is 2.80. The largest absolute Gasteiger partial charge is 0.384 e. The summed E-state index contributed by atoms with van der Waals surface area (Å²) in [5, 5.41) is 0. The van der Waals surface area contributed by atoms with Crippen molar-refractivity contribution in [2.24, 2.45) is 5.73 Å². The summed E-state index contributed by atoms with van der Waals surface area (Å²) in [5.74, 6) is -41.6. The van der Waals surface area contributed by atoms with Gasteiger partial charge in [-0.1, -0.05) is 0 Å². The second kappa shape index (κ2) is 3.02. The highest BCUT2D eigenvalue weighted by atomic mass is 19.4. The Hall–Kier alpha value is -0.810. The van der Waals surface area contributed by atoms with Crippen LogP contribution in [-0.2, 0) is 0 Å². The second-order valence-corrected chi connectivity index (χ2v) is 3.58. The highest BCUT2D eigenvalue weighted by Gasteiger charge is 3.00. The normalized spacial score (nSPS) is 34.0. The highest BCUT2D eigenvalue weighted by Crippen LogP contribution is 2.67. The Kier molecular flexibility index (Phi) is 2.56. The number of rotatable bonds is 0. The van der Waals surface area contributed by atoms with E-state index in [9.17, 15) is 48.3 Å². The summed E-state index contributed by atoms with van der Waals surface area (Å²) in [6.45, 7) is 0. The molecular formula is C6H2F11N. The van der Waals surface area contributed by atoms with Gasteiger partial charge in [0.05, 0.1) is 0 Å². The Morgan fingerprint density at radius 3 is 0.778 bits per heavy atom. The van der Waals surface area contributed by atoms with E-state index < -0.39 is 35.4 Å². The van der Waals surface area contributed by atoms with Gasteiger partial charge in [0.15, 0.2) is 0 Å². The van der Waals surface area contributed by atoms with E-state index in [0.717, 1.165) is 0 Å². The zero-order chi connectivity index (χ0) is 15.0. The van der Waals surface area contributed by atoms with Gasteiger partial charge >= 0.3 is 29.6 Å². The van der Waals surface area contributed by atoms with Crippen LogP contribution in [0.5, 0.6) is 0 Å². The van der Waals surface area contributed by atoms with E-state index in [4.69, 9.17) is 0 Å². The summed E-state index contributed by atoms with van der Waals surface area (Å²) in [6.07, 6.45) is 0. The van der Waals surface area contributed by atoms with Crippen LogP contribution in [0.4, 0.5) is 48.3 Å². The van der Waals surface area contributed by atoms with Gasteiger partial charge in [-0.25, -0.2) is 4.39 Å². The predicted molar refractivity (Wildman–Crippen MR) is 32.8 cm³/mol. The Morgan fingerprint density at radius 1 is 0.389 bits per heavy atom. The minimum Gasteiger partial charge on any atom is -0.288 e. The fourth-order valence-corrected chi connectivity index (χ4v) is 1.25. The molecule has 0 aromatic carbocycles. The van der Waals surface area contributed by atoms with Crippen molar-refractivity contribution in [2.45, 2.75) is 35.4 Å². The van der Waals surface area contributed by atoms with E-state index in [1.165, 1.54) is 0 Å². The summed E-state index contributed by atoms with van der Waals surface area (Å²) in [4.78, 5) is 0. The number of alkyl halides is 11.